The number of hydrogen-bond acceptors (Lipinski definition) is 4. The highest BCUT2D eigenvalue weighted by Crippen LogP contribution is 2.52. The Labute approximate surface area is 146 Å². The number of ketones is 1. The van der Waals surface area contributed by atoms with Gasteiger partial charge in [-0.25, -0.2) is 4.79 Å². The van der Waals surface area contributed by atoms with Gasteiger partial charge in [0, 0.05) is 40.4 Å². The van der Waals surface area contributed by atoms with Gasteiger partial charge in [-0.3, -0.25) is 9.00 Å². The zero-order valence-corrected chi connectivity index (χ0v) is 15.7. The largest absolute Gasteiger partial charge is 0.459 e. The molecule has 0 saturated heterocycles. The van der Waals surface area contributed by atoms with E-state index >= 15 is 0 Å². The maximum absolute atomic E-state index is 12.3. The van der Waals surface area contributed by atoms with Crippen molar-refractivity contribution in [2.75, 3.05) is 6.26 Å². The molecule has 0 aromatic heterocycles. The van der Waals surface area contributed by atoms with Crippen LogP contribution in [0, 0.1) is 17.3 Å². The molecule has 24 heavy (non-hydrogen) atoms. The first-order chi connectivity index (χ1) is 11.1. The minimum atomic E-state index is -1.17. The third kappa shape index (κ3) is 3.77. The Morgan fingerprint density at radius 1 is 1.50 bits per heavy atom. The van der Waals surface area contributed by atoms with Gasteiger partial charge in [0.25, 0.3) is 0 Å². The normalized spacial score (nSPS) is 34.4. The SMILES string of the molecule is C=C(C)[C@@H]1C[C@@]2(C)C(=CC1=O)CC[C@@H](OC(=O)/C=C\S(C)=O)[C@@H]2C. The number of rotatable bonds is 4. The summed E-state index contributed by atoms with van der Waals surface area (Å²) in [7, 11) is -1.17. The summed E-state index contributed by atoms with van der Waals surface area (Å²) in [6.45, 7) is 10.1. The van der Waals surface area contributed by atoms with Crippen LogP contribution in [0.1, 0.15) is 40.0 Å². The highest BCUT2D eigenvalue weighted by atomic mass is 32.2. The predicted molar refractivity (Wildman–Crippen MR) is 95.6 cm³/mol. The lowest BCUT2D eigenvalue weighted by Gasteiger charge is -2.49. The van der Waals surface area contributed by atoms with Gasteiger partial charge in [-0.1, -0.05) is 31.6 Å². The van der Waals surface area contributed by atoms with Crippen LogP contribution in [0.25, 0.3) is 0 Å². The van der Waals surface area contributed by atoms with Crippen molar-refractivity contribution in [2.24, 2.45) is 17.3 Å². The Morgan fingerprint density at radius 2 is 2.17 bits per heavy atom. The van der Waals surface area contributed by atoms with Crippen LogP contribution in [0.2, 0.25) is 0 Å². The van der Waals surface area contributed by atoms with Crippen LogP contribution < -0.4 is 0 Å². The lowest BCUT2D eigenvalue weighted by Crippen LogP contribution is -2.46. The fourth-order valence-corrected chi connectivity index (χ4v) is 4.11. The molecular formula is C19H26O4S. The van der Waals surface area contributed by atoms with Gasteiger partial charge in [-0.2, -0.15) is 0 Å². The van der Waals surface area contributed by atoms with Gasteiger partial charge in [0.05, 0.1) is 0 Å². The van der Waals surface area contributed by atoms with E-state index in [0.29, 0.717) is 6.42 Å². The number of ether oxygens (including phenoxy) is 1. The van der Waals surface area contributed by atoms with Crippen molar-refractivity contribution in [1.82, 2.24) is 0 Å². The molecule has 0 spiro atoms. The van der Waals surface area contributed by atoms with Crippen molar-refractivity contribution >= 4 is 22.6 Å². The standard InChI is InChI=1S/C19H26O4S/c1-12(2)15-11-19(4)13(3)17(7-6-14(19)10-16(15)20)23-18(21)8-9-24(5)22/h8-10,13,15,17H,1,6-7,11H2,2-5H3/b9-8-/t13-,15-,17+,19+,24?/m0/s1. The maximum Gasteiger partial charge on any atom is 0.331 e. The monoisotopic (exact) mass is 350 g/mol. The van der Waals surface area contributed by atoms with Gasteiger partial charge in [-0.05, 0) is 37.7 Å². The molecule has 1 saturated carbocycles. The van der Waals surface area contributed by atoms with Gasteiger partial charge < -0.3 is 4.74 Å². The van der Waals surface area contributed by atoms with Crippen LogP contribution in [0.15, 0.2) is 35.3 Å². The van der Waals surface area contributed by atoms with Crippen LogP contribution >= 0.6 is 0 Å². The molecule has 0 aromatic carbocycles. The molecule has 1 unspecified atom stereocenters. The first-order valence-corrected chi connectivity index (χ1v) is 9.88. The predicted octanol–water partition coefficient (Wildman–Crippen LogP) is 3.32. The maximum atomic E-state index is 12.3. The van der Waals surface area contributed by atoms with Crippen molar-refractivity contribution < 1.29 is 18.5 Å². The minimum Gasteiger partial charge on any atom is -0.459 e. The Hall–Kier alpha value is -1.49. The van der Waals surface area contributed by atoms with Gasteiger partial charge in [0.2, 0.25) is 0 Å². The second kappa shape index (κ2) is 7.18. The van der Waals surface area contributed by atoms with Crippen molar-refractivity contribution in [3.05, 3.63) is 35.3 Å². The Bertz CT molecular complexity index is 646. The van der Waals surface area contributed by atoms with Gasteiger partial charge in [0.1, 0.15) is 6.10 Å². The quantitative estimate of drug-likeness (QED) is 0.443. The fourth-order valence-electron chi connectivity index (χ4n) is 3.80. The van der Waals surface area contributed by atoms with Crippen LogP contribution in [-0.2, 0) is 25.1 Å². The molecule has 4 nitrogen and oxygen atoms in total. The molecule has 2 aliphatic rings. The summed E-state index contributed by atoms with van der Waals surface area (Å²) in [5, 5.41) is 1.33. The Morgan fingerprint density at radius 3 is 2.75 bits per heavy atom. The Balaban J connectivity index is 2.18. The van der Waals surface area contributed by atoms with E-state index in [4.69, 9.17) is 4.74 Å². The van der Waals surface area contributed by atoms with E-state index < -0.39 is 16.8 Å². The minimum absolute atomic E-state index is 0.108. The number of hydrogen-bond donors (Lipinski definition) is 0. The average molecular weight is 350 g/mol. The topological polar surface area (TPSA) is 60.4 Å². The van der Waals surface area contributed by atoms with E-state index in [1.165, 1.54) is 17.7 Å². The molecule has 0 amide bonds. The lowest BCUT2D eigenvalue weighted by molar-refractivity contribution is -0.150. The van der Waals surface area contributed by atoms with E-state index in [-0.39, 0.29) is 29.1 Å². The van der Waals surface area contributed by atoms with Crippen LogP contribution in [0.5, 0.6) is 0 Å². The molecule has 2 rings (SSSR count). The Kier molecular flexibility index (Phi) is 5.63. The van der Waals surface area contributed by atoms with Crippen LogP contribution in [-0.4, -0.2) is 28.3 Å². The van der Waals surface area contributed by atoms with E-state index in [0.717, 1.165) is 24.0 Å². The summed E-state index contributed by atoms with van der Waals surface area (Å²) in [5.41, 5.74) is 1.88. The number of fused-ring (bicyclic) bond motifs is 1. The summed E-state index contributed by atoms with van der Waals surface area (Å²) in [6, 6.07) is 0. The molecule has 0 aromatic rings. The van der Waals surface area contributed by atoms with Gasteiger partial charge >= 0.3 is 5.97 Å². The molecule has 132 valence electrons. The first kappa shape index (κ1) is 18.8. The van der Waals surface area contributed by atoms with Crippen molar-refractivity contribution in [3.8, 4) is 0 Å². The van der Waals surface area contributed by atoms with E-state index in [1.54, 1.807) is 6.08 Å². The zero-order chi connectivity index (χ0) is 18.1. The summed E-state index contributed by atoms with van der Waals surface area (Å²) < 4.78 is 16.6. The third-order valence-electron chi connectivity index (χ3n) is 5.54. The number of carbonyl (C=O) groups is 2. The smallest absolute Gasteiger partial charge is 0.331 e. The fraction of sp³-hybridized carbons (Fsp3) is 0.579. The highest BCUT2D eigenvalue weighted by Gasteiger charge is 2.48. The van der Waals surface area contributed by atoms with E-state index in [2.05, 4.69) is 20.4 Å². The summed E-state index contributed by atoms with van der Waals surface area (Å²) >= 11 is 0. The summed E-state index contributed by atoms with van der Waals surface area (Å²) in [4.78, 5) is 24.2. The van der Waals surface area contributed by atoms with Gasteiger partial charge in [-0.15, -0.1) is 0 Å². The molecule has 0 heterocycles. The molecule has 0 N–H and O–H groups in total. The number of allylic oxidation sites excluding steroid dienone is 3. The molecule has 0 bridgehead atoms. The second-order valence-electron chi connectivity index (χ2n) is 7.20. The second-order valence-corrected chi connectivity index (χ2v) is 8.47. The van der Waals surface area contributed by atoms with E-state index in [1.807, 2.05) is 6.92 Å². The molecule has 1 fully saturated rings. The van der Waals surface area contributed by atoms with Crippen molar-refractivity contribution in [2.45, 2.75) is 46.1 Å². The molecule has 2 aliphatic carbocycles. The van der Waals surface area contributed by atoms with Crippen molar-refractivity contribution in [3.63, 3.8) is 0 Å². The molecule has 5 atom stereocenters. The lowest BCUT2D eigenvalue weighted by atomic mass is 9.57. The van der Waals surface area contributed by atoms with Crippen molar-refractivity contribution in [1.29, 1.82) is 0 Å². The molecule has 5 heteroatoms. The molecular weight excluding hydrogens is 324 g/mol. The van der Waals surface area contributed by atoms with Crippen LogP contribution in [0.4, 0.5) is 0 Å². The highest BCUT2D eigenvalue weighted by molar-refractivity contribution is 7.87. The molecule has 0 radical (unpaired) electrons. The molecule has 0 aliphatic heterocycles. The number of esters is 1. The van der Waals surface area contributed by atoms with E-state index in [9.17, 15) is 13.8 Å². The summed E-state index contributed by atoms with van der Waals surface area (Å²) in [5.74, 6) is -0.359. The average Bonchev–Trinajstić information content (AvgIpc) is 2.49. The van der Waals surface area contributed by atoms with Crippen LogP contribution in [0.3, 0.4) is 0 Å². The summed E-state index contributed by atoms with van der Waals surface area (Å²) in [6.07, 6.45) is 6.52. The first-order valence-electron chi connectivity index (χ1n) is 8.26. The number of carbonyl (C=O) groups excluding carboxylic acids is 2. The third-order valence-corrected chi connectivity index (χ3v) is 6.06. The zero-order valence-electron chi connectivity index (χ0n) is 14.8. The van der Waals surface area contributed by atoms with Gasteiger partial charge in [0.15, 0.2) is 5.78 Å².